The van der Waals surface area contributed by atoms with E-state index in [1.807, 2.05) is 78.9 Å². The lowest BCUT2D eigenvalue weighted by atomic mass is 10.00. The molecule has 0 fully saturated rings. The lowest BCUT2D eigenvalue weighted by Crippen LogP contribution is -2.23. The molecule has 1 heterocycles. The van der Waals surface area contributed by atoms with Crippen LogP contribution in [-0.4, -0.2) is 14.3 Å². The minimum absolute atomic E-state index is 0.163. The first-order valence-corrected chi connectivity index (χ1v) is 12.6. The standard InChI is InChI=1S/C28H23N3O3S/c32-28-26(24-13-7-8-14-25(24)31-28)27(21-9-3-1-4-10-21)30-22-17-15-20(16-18-22)19-29-35(33,34)23-11-5-2-6-12-23/h1-18,29-30H,19H2,(H,31,32)/b27-26-. The zero-order valence-corrected chi connectivity index (χ0v) is 19.5. The molecule has 0 radical (unpaired) electrons. The van der Waals surface area contributed by atoms with Crippen molar-refractivity contribution in [1.29, 1.82) is 0 Å². The van der Waals surface area contributed by atoms with Crippen molar-refractivity contribution >= 4 is 38.6 Å². The number of carbonyl (C=O) groups is 1. The Balaban J connectivity index is 1.40. The number of anilines is 2. The van der Waals surface area contributed by atoms with Gasteiger partial charge in [0.2, 0.25) is 10.0 Å². The minimum atomic E-state index is -3.59. The van der Waals surface area contributed by atoms with Crippen molar-refractivity contribution in [3.05, 3.63) is 126 Å². The van der Waals surface area contributed by atoms with E-state index in [1.54, 1.807) is 30.3 Å². The molecule has 0 bridgehead atoms. The van der Waals surface area contributed by atoms with E-state index >= 15 is 0 Å². The first-order chi connectivity index (χ1) is 17.0. The number of amides is 1. The molecule has 6 nitrogen and oxygen atoms in total. The van der Waals surface area contributed by atoms with Crippen LogP contribution in [0.4, 0.5) is 11.4 Å². The fourth-order valence-electron chi connectivity index (χ4n) is 3.96. The highest BCUT2D eigenvalue weighted by molar-refractivity contribution is 7.89. The third-order valence-electron chi connectivity index (χ3n) is 5.73. The van der Waals surface area contributed by atoms with E-state index in [2.05, 4.69) is 15.4 Å². The molecule has 0 aliphatic carbocycles. The van der Waals surface area contributed by atoms with E-state index in [-0.39, 0.29) is 17.3 Å². The summed E-state index contributed by atoms with van der Waals surface area (Å²) >= 11 is 0. The highest BCUT2D eigenvalue weighted by atomic mass is 32.2. The highest BCUT2D eigenvalue weighted by Gasteiger charge is 2.28. The van der Waals surface area contributed by atoms with Gasteiger partial charge in [0, 0.05) is 23.5 Å². The summed E-state index contributed by atoms with van der Waals surface area (Å²) in [6.07, 6.45) is 0. The van der Waals surface area contributed by atoms with Gasteiger partial charge in [0.25, 0.3) is 5.91 Å². The number of nitrogens with one attached hydrogen (secondary N) is 3. The SMILES string of the molecule is O=C1Nc2ccccc2/C1=C(/Nc1ccc(CNS(=O)(=O)c2ccccc2)cc1)c1ccccc1. The number of carbonyl (C=O) groups excluding carboxylic acids is 1. The first-order valence-electron chi connectivity index (χ1n) is 11.1. The minimum Gasteiger partial charge on any atom is -0.354 e. The highest BCUT2D eigenvalue weighted by Crippen LogP contribution is 2.37. The van der Waals surface area contributed by atoms with Gasteiger partial charge in [-0.3, -0.25) is 4.79 Å². The molecular weight excluding hydrogens is 458 g/mol. The molecule has 3 N–H and O–H groups in total. The van der Waals surface area contributed by atoms with Crippen LogP contribution < -0.4 is 15.4 Å². The third-order valence-corrected chi connectivity index (χ3v) is 7.14. The zero-order valence-electron chi connectivity index (χ0n) is 18.7. The number of benzene rings is 4. The summed E-state index contributed by atoms with van der Waals surface area (Å²) in [5, 5.41) is 6.35. The Hall–Kier alpha value is -4.20. The Bertz CT molecular complexity index is 1500. The summed E-state index contributed by atoms with van der Waals surface area (Å²) in [5.41, 5.74) is 5.38. The zero-order chi connectivity index (χ0) is 24.3. The van der Waals surface area contributed by atoms with Crippen molar-refractivity contribution in [2.75, 3.05) is 10.6 Å². The topological polar surface area (TPSA) is 87.3 Å². The van der Waals surface area contributed by atoms with E-state index in [4.69, 9.17) is 0 Å². The van der Waals surface area contributed by atoms with Crippen LogP contribution in [0.5, 0.6) is 0 Å². The number of hydrogen-bond acceptors (Lipinski definition) is 4. The van der Waals surface area contributed by atoms with E-state index in [0.717, 1.165) is 28.1 Å². The second-order valence-electron chi connectivity index (χ2n) is 8.08. The van der Waals surface area contributed by atoms with Crippen molar-refractivity contribution in [1.82, 2.24) is 4.72 Å². The molecule has 4 aromatic rings. The molecule has 1 aliphatic rings. The molecule has 0 saturated heterocycles. The quantitative estimate of drug-likeness (QED) is 0.321. The Kier molecular flexibility index (Phi) is 6.18. The lowest BCUT2D eigenvalue weighted by molar-refractivity contribution is -0.110. The predicted octanol–water partition coefficient (Wildman–Crippen LogP) is 5.10. The van der Waals surface area contributed by atoms with Gasteiger partial charge in [0.05, 0.1) is 16.2 Å². The molecule has 0 atom stereocenters. The number of hydrogen-bond donors (Lipinski definition) is 3. The second-order valence-corrected chi connectivity index (χ2v) is 9.84. The summed E-state index contributed by atoms with van der Waals surface area (Å²) in [4.78, 5) is 13.1. The van der Waals surface area contributed by atoms with Gasteiger partial charge in [0.15, 0.2) is 0 Å². The summed E-state index contributed by atoms with van der Waals surface area (Å²) in [7, 11) is -3.59. The fraction of sp³-hybridized carbons (Fsp3) is 0.0357. The van der Waals surface area contributed by atoms with Crippen molar-refractivity contribution < 1.29 is 13.2 Å². The molecule has 1 amide bonds. The van der Waals surface area contributed by atoms with Gasteiger partial charge in [-0.15, -0.1) is 0 Å². The molecule has 0 saturated carbocycles. The van der Waals surface area contributed by atoms with Crippen LogP contribution in [-0.2, 0) is 21.4 Å². The van der Waals surface area contributed by atoms with Gasteiger partial charge in [-0.1, -0.05) is 78.9 Å². The number of rotatable bonds is 7. The molecule has 0 spiro atoms. The molecule has 1 aliphatic heterocycles. The number of para-hydroxylation sites is 1. The Labute approximate surface area is 204 Å². The monoisotopic (exact) mass is 481 g/mol. The molecule has 0 aromatic heterocycles. The lowest BCUT2D eigenvalue weighted by Gasteiger charge is -2.15. The van der Waals surface area contributed by atoms with E-state index in [0.29, 0.717) is 11.3 Å². The molecule has 174 valence electrons. The van der Waals surface area contributed by atoms with Gasteiger partial charge in [-0.2, -0.15) is 0 Å². The molecule has 0 unspecified atom stereocenters. The Morgan fingerprint density at radius 3 is 2.09 bits per heavy atom. The second kappa shape index (κ2) is 9.58. The average Bonchev–Trinajstić information content (AvgIpc) is 3.23. The largest absolute Gasteiger partial charge is 0.354 e. The van der Waals surface area contributed by atoms with Crippen molar-refractivity contribution in [2.24, 2.45) is 0 Å². The summed E-state index contributed by atoms with van der Waals surface area (Å²) < 4.78 is 27.6. The van der Waals surface area contributed by atoms with Crippen LogP contribution in [0, 0.1) is 0 Å². The van der Waals surface area contributed by atoms with E-state index < -0.39 is 10.0 Å². The third kappa shape index (κ3) is 4.87. The van der Waals surface area contributed by atoms with Crippen molar-refractivity contribution in [2.45, 2.75) is 11.4 Å². The predicted molar refractivity (Wildman–Crippen MR) is 139 cm³/mol. The van der Waals surface area contributed by atoms with E-state index in [1.165, 1.54) is 0 Å². The molecule has 4 aromatic carbocycles. The Morgan fingerprint density at radius 1 is 0.743 bits per heavy atom. The summed E-state index contributed by atoms with van der Waals surface area (Å²) in [6, 6.07) is 33.0. The summed E-state index contributed by atoms with van der Waals surface area (Å²) in [5.74, 6) is -0.163. The molecule has 7 heteroatoms. The normalized spacial score (nSPS) is 14.2. The molecular formula is C28H23N3O3S. The van der Waals surface area contributed by atoms with Gasteiger partial charge in [-0.05, 0) is 41.5 Å². The maximum Gasteiger partial charge on any atom is 0.258 e. The molecule has 5 rings (SSSR count). The van der Waals surface area contributed by atoms with Crippen LogP contribution in [0.2, 0.25) is 0 Å². The Morgan fingerprint density at radius 2 is 1.37 bits per heavy atom. The van der Waals surface area contributed by atoms with Crippen molar-refractivity contribution in [3.63, 3.8) is 0 Å². The number of fused-ring (bicyclic) bond motifs is 1. The van der Waals surface area contributed by atoms with Gasteiger partial charge in [-0.25, -0.2) is 13.1 Å². The smallest absolute Gasteiger partial charge is 0.258 e. The van der Waals surface area contributed by atoms with Crippen molar-refractivity contribution in [3.8, 4) is 0 Å². The molecule has 35 heavy (non-hydrogen) atoms. The van der Waals surface area contributed by atoms with Gasteiger partial charge in [0.1, 0.15) is 0 Å². The van der Waals surface area contributed by atoms with Crippen LogP contribution in [0.25, 0.3) is 11.3 Å². The van der Waals surface area contributed by atoms with Gasteiger partial charge < -0.3 is 10.6 Å². The van der Waals surface area contributed by atoms with Crippen LogP contribution in [0.1, 0.15) is 16.7 Å². The maximum atomic E-state index is 12.9. The number of sulfonamides is 1. The van der Waals surface area contributed by atoms with Crippen LogP contribution >= 0.6 is 0 Å². The van der Waals surface area contributed by atoms with E-state index in [9.17, 15) is 13.2 Å². The van der Waals surface area contributed by atoms with Crippen LogP contribution in [0.3, 0.4) is 0 Å². The first kappa shape index (κ1) is 22.6. The maximum absolute atomic E-state index is 12.9. The average molecular weight is 482 g/mol. The fourth-order valence-corrected chi connectivity index (χ4v) is 5.00. The summed E-state index contributed by atoms with van der Waals surface area (Å²) in [6.45, 7) is 0.167. The van der Waals surface area contributed by atoms with Gasteiger partial charge >= 0.3 is 0 Å². The van der Waals surface area contributed by atoms with Crippen LogP contribution in [0.15, 0.2) is 114 Å².